The SMILES string of the molecule is Nc1nc2c(ncn2[C@@H]2O[C@@H]3COP(=O)(O)O[C@H]4[C@@H](F)[C@H](n5cnc6c(N)ncnc65)O[C@@H]4COP(O)(=S)O[C@@H]2[C@@H]3F)c(=O)[nH]1. The van der Waals surface area contributed by atoms with Crippen LogP contribution in [-0.2, 0) is 43.9 Å². The van der Waals surface area contributed by atoms with Crippen LogP contribution >= 0.6 is 14.5 Å². The molecule has 4 aromatic rings. The molecule has 20 nitrogen and oxygen atoms in total. The molecule has 2 unspecified atom stereocenters. The predicted molar refractivity (Wildman–Crippen MR) is 148 cm³/mol. The van der Waals surface area contributed by atoms with E-state index in [0.29, 0.717) is 0 Å². The third-order valence-electron chi connectivity index (χ3n) is 7.23. The summed E-state index contributed by atoms with van der Waals surface area (Å²) in [6.45, 7) is -6.06. The lowest BCUT2D eigenvalue weighted by Crippen LogP contribution is -2.34. The fraction of sp³-hybridized carbons (Fsp3) is 0.500. The number of ether oxygens (including phenoxy) is 2. The first-order valence-corrected chi connectivity index (χ1v) is 17.0. The Bertz CT molecular complexity index is 1950. The summed E-state index contributed by atoms with van der Waals surface area (Å²) in [4.78, 5) is 55.9. The van der Waals surface area contributed by atoms with Crippen LogP contribution in [0.1, 0.15) is 12.5 Å². The number of fused-ring (bicyclic) bond motifs is 5. The van der Waals surface area contributed by atoms with Crippen LogP contribution in [0.3, 0.4) is 0 Å². The van der Waals surface area contributed by atoms with E-state index in [1.165, 1.54) is 10.9 Å². The maximum atomic E-state index is 15.9. The number of hydrogen-bond acceptors (Lipinski definition) is 16. The number of anilines is 2. The lowest BCUT2D eigenvalue weighted by Gasteiger charge is -2.27. The van der Waals surface area contributed by atoms with Gasteiger partial charge in [-0.25, -0.2) is 33.3 Å². The van der Waals surface area contributed by atoms with Crippen LogP contribution in [0.2, 0.25) is 0 Å². The van der Waals surface area contributed by atoms with E-state index in [4.69, 9.17) is 50.8 Å². The zero-order chi connectivity index (χ0) is 31.8. The third-order valence-corrected chi connectivity index (χ3v) is 9.78. The molecule has 3 fully saturated rings. The van der Waals surface area contributed by atoms with Crippen LogP contribution < -0.4 is 17.0 Å². The van der Waals surface area contributed by atoms with Crippen molar-refractivity contribution in [2.45, 2.75) is 49.2 Å². The number of nitrogens with two attached hydrogens (primary N) is 2. The molecule has 25 heteroatoms. The molecule has 242 valence electrons. The summed E-state index contributed by atoms with van der Waals surface area (Å²) >= 11 is 5.13. The van der Waals surface area contributed by atoms with Crippen molar-refractivity contribution in [1.29, 1.82) is 0 Å². The van der Waals surface area contributed by atoms with Crippen molar-refractivity contribution in [1.82, 2.24) is 39.0 Å². The van der Waals surface area contributed by atoms with Gasteiger partial charge in [-0.3, -0.25) is 32.5 Å². The summed E-state index contributed by atoms with van der Waals surface area (Å²) in [6.07, 6.45) is -10.7. The number of aromatic amines is 1. The minimum Gasteiger partial charge on any atom is -0.382 e. The highest BCUT2D eigenvalue weighted by atomic mass is 32.5. The number of phosphoric ester groups is 1. The normalized spacial score (nSPS) is 37.7. The van der Waals surface area contributed by atoms with E-state index in [0.717, 1.165) is 17.2 Å². The summed E-state index contributed by atoms with van der Waals surface area (Å²) in [5, 5.41) is 0. The number of imidazole rings is 2. The van der Waals surface area contributed by atoms with Crippen LogP contribution in [0.4, 0.5) is 20.5 Å². The second-order valence-corrected chi connectivity index (χ2v) is 14.2. The Morgan fingerprint density at radius 3 is 2.38 bits per heavy atom. The van der Waals surface area contributed by atoms with Crippen molar-refractivity contribution in [2.24, 2.45) is 0 Å². The van der Waals surface area contributed by atoms with Crippen LogP contribution in [0.5, 0.6) is 0 Å². The topological polar surface area (TPSA) is 272 Å². The van der Waals surface area contributed by atoms with E-state index in [1.807, 2.05) is 0 Å². The Balaban J connectivity index is 1.21. The van der Waals surface area contributed by atoms with Gasteiger partial charge in [0.2, 0.25) is 5.95 Å². The molecule has 7 N–H and O–H groups in total. The molecule has 0 radical (unpaired) electrons. The molecule has 45 heavy (non-hydrogen) atoms. The van der Waals surface area contributed by atoms with Crippen LogP contribution in [-0.4, -0.2) is 98.8 Å². The molecule has 3 saturated heterocycles. The second-order valence-electron chi connectivity index (χ2n) is 10.0. The predicted octanol–water partition coefficient (Wildman–Crippen LogP) is -0.271. The quantitative estimate of drug-likeness (QED) is 0.169. The van der Waals surface area contributed by atoms with Gasteiger partial charge < -0.3 is 35.3 Å². The van der Waals surface area contributed by atoms with Crippen molar-refractivity contribution >= 4 is 60.4 Å². The lowest BCUT2D eigenvalue weighted by atomic mass is 10.1. The minimum absolute atomic E-state index is 0.0109. The summed E-state index contributed by atoms with van der Waals surface area (Å²) in [5.41, 5.74) is 10.7. The molecule has 3 aliphatic rings. The maximum absolute atomic E-state index is 15.9. The number of nitrogens with one attached hydrogen (secondary N) is 1. The van der Waals surface area contributed by atoms with Gasteiger partial charge in [-0.2, -0.15) is 4.98 Å². The number of alkyl halides is 2. The summed E-state index contributed by atoms with van der Waals surface area (Å²) in [5.74, 6) is -0.274. The average molecular weight is 694 g/mol. The van der Waals surface area contributed by atoms with E-state index in [-0.39, 0.29) is 34.1 Å². The third kappa shape index (κ3) is 5.42. The number of H-pyrrole nitrogens is 1. The van der Waals surface area contributed by atoms with Crippen LogP contribution in [0.25, 0.3) is 22.3 Å². The average Bonchev–Trinajstić information content (AvgIpc) is 3.72. The van der Waals surface area contributed by atoms with E-state index in [1.54, 1.807) is 0 Å². The number of halogens is 2. The Labute approximate surface area is 253 Å². The smallest absolute Gasteiger partial charge is 0.382 e. The highest BCUT2D eigenvalue weighted by Gasteiger charge is 2.54. The number of nitrogens with zero attached hydrogens (tertiary/aromatic N) is 7. The Hall–Kier alpha value is -3.08. The van der Waals surface area contributed by atoms with Crippen molar-refractivity contribution in [3.05, 3.63) is 29.3 Å². The Kier molecular flexibility index (Phi) is 7.49. The number of phosphoric acid groups is 1. The summed E-state index contributed by atoms with van der Waals surface area (Å²) in [7, 11) is -5.15. The summed E-state index contributed by atoms with van der Waals surface area (Å²) in [6, 6.07) is 0. The van der Waals surface area contributed by atoms with E-state index in [2.05, 4.69) is 29.9 Å². The highest BCUT2D eigenvalue weighted by molar-refractivity contribution is 8.07. The standard InChI is InChI=1S/C20H22F2N10O10P2S/c21-8-6-1-37-43(34,35)41-12-7(40-18(9(12)22)31-4-27-10-14(23)25-3-26-15(10)31)2-38-44(36,45)42-13(8)19(39-6)32-5-28-11-16(32)29-20(24)30-17(11)33/h3-9,12-13,18-19H,1-2H2,(H,34,35)(H,36,45)(H2,23,25,26)(H3,24,29,30,33)/t6-,7-,8-,9-,12-,13-,18-,19-,44?/m1/s1. The van der Waals surface area contributed by atoms with E-state index in [9.17, 15) is 19.1 Å². The fourth-order valence-electron chi connectivity index (χ4n) is 5.23. The zero-order valence-electron chi connectivity index (χ0n) is 22.3. The van der Waals surface area contributed by atoms with Gasteiger partial charge in [0.25, 0.3) is 5.56 Å². The summed E-state index contributed by atoms with van der Waals surface area (Å²) < 4.78 is 79.6. The number of nitrogen functional groups attached to an aromatic ring is 2. The van der Waals surface area contributed by atoms with Gasteiger partial charge in [0.05, 0.1) is 25.9 Å². The molecule has 0 aliphatic carbocycles. The molecule has 10 atom stereocenters. The molecule has 3 aliphatic heterocycles. The van der Waals surface area contributed by atoms with Crippen molar-refractivity contribution in [3.63, 3.8) is 0 Å². The van der Waals surface area contributed by atoms with Gasteiger partial charge in [-0.1, -0.05) is 0 Å². The van der Waals surface area contributed by atoms with Gasteiger partial charge in [-0.15, -0.1) is 0 Å². The minimum atomic E-state index is -5.15. The first kappa shape index (κ1) is 30.6. The molecule has 0 aromatic carbocycles. The first-order valence-electron chi connectivity index (χ1n) is 12.9. The zero-order valence-corrected chi connectivity index (χ0v) is 24.9. The monoisotopic (exact) mass is 694 g/mol. The molecule has 7 heterocycles. The van der Waals surface area contributed by atoms with Crippen LogP contribution in [0.15, 0.2) is 23.8 Å². The van der Waals surface area contributed by atoms with E-state index < -0.39 is 82.5 Å². The molecular weight excluding hydrogens is 672 g/mol. The first-order chi connectivity index (χ1) is 21.3. The van der Waals surface area contributed by atoms with Crippen molar-refractivity contribution in [2.75, 3.05) is 24.7 Å². The Morgan fingerprint density at radius 2 is 1.60 bits per heavy atom. The van der Waals surface area contributed by atoms with E-state index >= 15 is 8.78 Å². The maximum Gasteiger partial charge on any atom is 0.472 e. The largest absolute Gasteiger partial charge is 0.472 e. The van der Waals surface area contributed by atoms with Crippen molar-refractivity contribution in [3.8, 4) is 0 Å². The van der Waals surface area contributed by atoms with Gasteiger partial charge >= 0.3 is 14.5 Å². The number of rotatable bonds is 2. The van der Waals surface area contributed by atoms with Crippen LogP contribution in [0, 0.1) is 0 Å². The second kappa shape index (κ2) is 11.0. The molecule has 7 rings (SSSR count). The number of hydrogen-bond donors (Lipinski definition) is 5. The van der Waals surface area contributed by atoms with Crippen molar-refractivity contribution < 1.29 is 50.7 Å². The number of aromatic nitrogens is 8. The molecule has 2 bridgehead atoms. The molecule has 0 saturated carbocycles. The Morgan fingerprint density at radius 1 is 0.911 bits per heavy atom. The molecular formula is C20H22F2N10O10P2S. The molecule has 4 aromatic heterocycles. The fourth-order valence-corrected chi connectivity index (χ4v) is 7.59. The van der Waals surface area contributed by atoms with Gasteiger partial charge in [0.15, 0.2) is 47.4 Å². The molecule has 0 spiro atoms. The highest BCUT2D eigenvalue weighted by Crippen LogP contribution is 2.54. The van der Waals surface area contributed by atoms with Gasteiger partial charge in [0, 0.05) is 0 Å². The molecule has 0 amide bonds. The lowest BCUT2D eigenvalue weighted by molar-refractivity contribution is -0.0630. The van der Waals surface area contributed by atoms with Gasteiger partial charge in [-0.05, 0) is 11.8 Å². The van der Waals surface area contributed by atoms with Gasteiger partial charge in [0.1, 0.15) is 36.3 Å².